The van der Waals surface area contributed by atoms with Gasteiger partial charge in [0.25, 0.3) is 5.79 Å². The number of ether oxygens (including phenoxy) is 3. The Kier molecular flexibility index (Phi) is 3.22. The summed E-state index contributed by atoms with van der Waals surface area (Å²) < 4.78 is 15.4. The van der Waals surface area contributed by atoms with Crippen LogP contribution in [0.25, 0.3) is 0 Å². The molecule has 2 rings (SSSR count). The Morgan fingerprint density at radius 1 is 1.53 bits per heavy atom. The maximum absolute atomic E-state index is 11.6. The standard InChI is InChI=1S/C11H16O6/c1-3-6(2)10(13)17-11(14)5-16-8-7(12)4-15-9(8)11/h3,7-9,12,14H,4-5H2,1-2H3/t7-,8-,9+,11+/m1/s1. The molecule has 0 unspecified atom stereocenters. The first-order valence-electron chi connectivity index (χ1n) is 5.48. The highest BCUT2D eigenvalue weighted by molar-refractivity contribution is 5.87. The van der Waals surface area contributed by atoms with Crippen molar-refractivity contribution in [3.63, 3.8) is 0 Å². The summed E-state index contributed by atoms with van der Waals surface area (Å²) in [7, 11) is 0. The molecule has 2 heterocycles. The van der Waals surface area contributed by atoms with Gasteiger partial charge in [0, 0.05) is 5.57 Å². The van der Waals surface area contributed by atoms with E-state index in [1.165, 1.54) is 0 Å². The highest BCUT2D eigenvalue weighted by Crippen LogP contribution is 2.35. The third-order valence-electron chi connectivity index (χ3n) is 3.08. The van der Waals surface area contributed by atoms with Crippen molar-refractivity contribution in [2.75, 3.05) is 13.2 Å². The fraction of sp³-hybridized carbons (Fsp3) is 0.727. The molecule has 4 atom stereocenters. The number of hydrogen-bond acceptors (Lipinski definition) is 6. The normalized spacial score (nSPS) is 41.4. The fourth-order valence-electron chi connectivity index (χ4n) is 1.92. The first-order valence-corrected chi connectivity index (χ1v) is 5.48. The van der Waals surface area contributed by atoms with Crippen LogP contribution in [0.4, 0.5) is 0 Å². The molecule has 2 N–H and O–H groups in total. The highest BCUT2D eigenvalue weighted by Gasteiger charge is 2.58. The van der Waals surface area contributed by atoms with Gasteiger partial charge in [-0.25, -0.2) is 4.79 Å². The molecule has 6 nitrogen and oxygen atoms in total. The van der Waals surface area contributed by atoms with E-state index in [2.05, 4.69) is 0 Å². The van der Waals surface area contributed by atoms with E-state index < -0.39 is 30.1 Å². The molecule has 6 heteroatoms. The minimum Gasteiger partial charge on any atom is -0.424 e. The van der Waals surface area contributed by atoms with Crippen LogP contribution in [-0.4, -0.2) is 53.5 Å². The smallest absolute Gasteiger partial charge is 0.336 e. The Labute approximate surface area is 98.8 Å². The van der Waals surface area contributed by atoms with Crippen molar-refractivity contribution in [3.05, 3.63) is 11.6 Å². The van der Waals surface area contributed by atoms with Gasteiger partial charge >= 0.3 is 5.97 Å². The number of carbonyl (C=O) groups is 1. The van der Waals surface area contributed by atoms with Crippen molar-refractivity contribution in [2.24, 2.45) is 0 Å². The van der Waals surface area contributed by atoms with Crippen molar-refractivity contribution < 1.29 is 29.2 Å². The summed E-state index contributed by atoms with van der Waals surface area (Å²) in [5, 5.41) is 19.7. The van der Waals surface area contributed by atoms with E-state index in [0.29, 0.717) is 5.57 Å². The van der Waals surface area contributed by atoms with Crippen LogP contribution in [0.1, 0.15) is 13.8 Å². The number of hydrogen-bond donors (Lipinski definition) is 2. The molecular weight excluding hydrogens is 228 g/mol. The summed E-state index contributed by atoms with van der Waals surface area (Å²) in [5.74, 6) is -2.44. The second kappa shape index (κ2) is 4.38. The largest absolute Gasteiger partial charge is 0.424 e. The van der Waals surface area contributed by atoms with Crippen molar-refractivity contribution in [1.29, 1.82) is 0 Å². The molecule has 2 saturated heterocycles. The number of esters is 1. The zero-order chi connectivity index (χ0) is 12.6. The third-order valence-corrected chi connectivity index (χ3v) is 3.08. The average molecular weight is 244 g/mol. The van der Waals surface area contributed by atoms with Gasteiger partial charge in [-0.1, -0.05) is 6.08 Å². The Morgan fingerprint density at radius 2 is 2.24 bits per heavy atom. The van der Waals surface area contributed by atoms with Crippen LogP contribution in [0.2, 0.25) is 0 Å². The lowest BCUT2D eigenvalue weighted by molar-refractivity contribution is -0.234. The molecular formula is C11H16O6. The van der Waals surface area contributed by atoms with Gasteiger partial charge in [-0.2, -0.15) is 0 Å². The van der Waals surface area contributed by atoms with Crippen molar-refractivity contribution >= 4 is 5.97 Å². The minimum atomic E-state index is -1.82. The lowest BCUT2D eigenvalue weighted by Crippen LogP contribution is -2.47. The van der Waals surface area contributed by atoms with Crippen molar-refractivity contribution in [3.8, 4) is 0 Å². The lowest BCUT2D eigenvalue weighted by Gasteiger charge is -2.26. The second-order valence-corrected chi connectivity index (χ2v) is 4.30. The van der Waals surface area contributed by atoms with E-state index in [1.54, 1.807) is 19.9 Å². The predicted octanol–water partition coefficient (Wildman–Crippen LogP) is -0.657. The third kappa shape index (κ3) is 2.09. The molecule has 0 bridgehead atoms. The molecule has 2 fully saturated rings. The number of aliphatic hydroxyl groups excluding tert-OH is 1. The Bertz CT molecular complexity index is 352. The first kappa shape index (κ1) is 12.5. The Hall–Kier alpha value is -0.950. The zero-order valence-corrected chi connectivity index (χ0v) is 9.75. The number of rotatable bonds is 2. The molecule has 0 aliphatic carbocycles. The van der Waals surface area contributed by atoms with Crippen molar-refractivity contribution in [1.82, 2.24) is 0 Å². The molecule has 0 aromatic rings. The van der Waals surface area contributed by atoms with Crippen LogP contribution >= 0.6 is 0 Å². The Morgan fingerprint density at radius 3 is 2.88 bits per heavy atom. The van der Waals surface area contributed by atoms with Gasteiger partial charge in [-0.05, 0) is 13.8 Å². The van der Waals surface area contributed by atoms with E-state index in [-0.39, 0.29) is 13.2 Å². The molecule has 0 saturated carbocycles. The summed E-state index contributed by atoms with van der Waals surface area (Å²) in [6.07, 6.45) is -0.677. The summed E-state index contributed by atoms with van der Waals surface area (Å²) in [4.78, 5) is 11.6. The van der Waals surface area contributed by atoms with Gasteiger partial charge in [0.05, 0.1) is 6.61 Å². The van der Waals surface area contributed by atoms with Crippen LogP contribution in [0.15, 0.2) is 11.6 Å². The molecule has 2 aliphatic heterocycles. The van der Waals surface area contributed by atoms with Crippen LogP contribution in [0.3, 0.4) is 0 Å². The van der Waals surface area contributed by atoms with Gasteiger partial charge < -0.3 is 24.4 Å². The number of carbonyl (C=O) groups excluding carboxylic acids is 1. The van der Waals surface area contributed by atoms with E-state index in [4.69, 9.17) is 14.2 Å². The maximum atomic E-state index is 11.6. The van der Waals surface area contributed by atoms with Crippen LogP contribution in [0, 0.1) is 0 Å². The number of fused-ring (bicyclic) bond motifs is 1. The maximum Gasteiger partial charge on any atom is 0.336 e. The van der Waals surface area contributed by atoms with Gasteiger partial charge in [0.2, 0.25) is 0 Å². The quantitative estimate of drug-likeness (QED) is 0.381. The van der Waals surface area contributed by atoms with Gasteiger partial charge in [0.15, 0.2) is 6.10 Å². The van der Waals surface area contributed by atoms with Crippen molar-refractivity contribution in [2.45, 2.75) is 37.9 Å². The van der Waals surface area contributed by atoms with Crippen LogP contribution in [0.5, 0.6) is 0 Å². The lowest BCUT2D eigenvalue weighted by atomic mass is 10.1. The van der Waals surface area contributed by atoms with Gasteiger partial charge in [-0.3, -0.25) is 0 Å². The molecule has 17 heavy (non-hydrogen) atoms. The van der Waals surface area contributed by atoms with E-state index in [9.17, 15) is 15.0 Å². The summed E-state index contributed by atoms with van der Waals surface area (Å²) in [5.41, 5.74) is 0.389. The molecule has 0 amide bonds. The first-order chi connectivity index (χ1) is 7.98. The van der Waals surface area contributed by atoms with Gasteiger partial charge in [0.1, 0.15) is 18.8 Å². The number of aliphatic hydroxyl groups is 2. The molecule has 96 valence electrons. The Balaban J connectivity index is 2.08. The fourth-order valence-corrected chi connectivity index (χ4v) is 1.92. The highest BCUT2D eigenvalue weighted by atomic mass is 16.7. The monoisotopic (exact) mass is 244 g/mol. The molecule has 0 aromatic carbocycles. The topological polar surface area (TPSA) is 85.2 Å². The molecule has 0 radical (unpaired) electrons. The predicted molar refractivity (Wildman–Crippen MR) is 56.0 cm³/mol. The van der Waals surface area contributed by atoms with E-state index >= 15 is 0 Å². The summed E-state index contributed by atoms with van der Waals surface area (Å²) in [6, 6.07) is 0. The molecule has 2 aliphatic rings. The zero-order valence-electron chi connectivity index (χ0n) is 9.75. The summed E-state index contributed by atoms with van der Waals surface area (Å²) in [6.45, 7) is 3.16. The van der Waals surface area contributed by atoms with E-state index in [0.717, 1.165) is 0 Å². The molecule has 0 spiro atoms. The summed E-state index contributed by atoms with van der Waals surface area (Å²) >= 11 is 0. The van der Waals surface area contributed by atoms with Crippen LogP contribution < -0.4 is 0 Å². The second-order valence-electron chi connectivity index (χ2n) is 4.30. The SMILES string of the molecule is CC=C(C)C(=O)O[C@@]1(O)CO[C@@H]2[C@H](O)CO[C@@H]21. The van der Waals surface area contributed by atoms with Crippen LogP contribution in [-0.2, 0) is 19.0 Å². The number of allylic oxidation sites excluding steroid dienone is 1. The minimum absolute atomic E-state index is 0.0673. The molecule has 0 aromatic heterocycles. The average Bonchev–Trinajstić information content (AvgIpc) is 2.81. The van der Waals surface area contributed by atoms with E-state index in [1.807, 2.05) is 0 Å². The van der Waals surface area contributed by atoms with Gasteiger partial charge in [-0.15, -0.1) is 0 Å².